The first-order valence-electron chi connectivity index (χ1n) is 9.54. The summed E-state index contributed by atoms with van der Waals surface area (Å²) in [7, 11) is -2.27. The van der Waals surface area contributed by atoms with Crippen LogP contribution < -0.4 is 10.1 Å². The number of carbonyl (C=O) groups is 1. The van der Waals surface area contributed by atoms with Gasteiger partial charge in [-0.25, -0.2) is 8.42 Å². The number of non-ortho nitro benzene ring substituents is 1. The molecule has 0 saturated carbocycles. The predicted molar refractivity (Wildman–Crippen MR) is 118 cm³/mol. The lowest BCUT2D eigenvalue weighted by Gasteiger charge is -2.31. The van der Waals surface area contributed by atoms with Gasteiger partial charge in [0.15, 0.2) is 0 Å². The van der Waals surface area contributed by atoms with Crippen LogP contribution in [0.2, 0.25) is 0 Å². The molecule has 0 unspecified atom stereocenters. The average Bonchev–Trinajstić information content (AvgIpc) is 2.79. The van der Waals surface area contributed by atoms with Crippen molar-refractivity contribution in [3.63, 3.8) is 0 Å². The maximum atomic E-state index is 13.0. The minimum Gasteiger partial charge on any atom is -0.494 e. The number of anilines is 1. The van der Waals surface area contributed by atoms with Gasteiger partial charge in [-0.2, -0.15) is 4.31 Å². The van der Waals surface area contributed by atoms with Crippen molar-refractivity contribution in [2.24, 2.45) is 5.92 Å². The highest BCUT2D eigenvalue weighted by Crippen LogP contribution is 2.32. The molecule has 0 radical (unpaired) electrons. The van der Waals surface area contributed by atoms with Crippen molar-refractivity contribution in [2.45, 2.75) is 22.6 Å². The molecule has 0 aromatic heterocycles. The third-order valence-corrected chi connectivity index (χ3v) is 8.05. The first kappa shape index (κ1) is 23.0. The second kappa shape index (κ2) is 9.67. The van der Waals surface area contributed by atoms with Gasteiger partial charge in [-0.3, -0.25) is 14.9 Å². The Bertz CT molecular complexity index is 1080. The van der Waals surface area contributed by atoms with Crippen molar-refractivity contribution in [3.05, 3.63) is 52.6 Å². The molecule has 0 aliphatic carbocycles. The number of sulfonamides is 1. The van der Waals surface area contributed by atoms with Crippen LogP contribution in [0.15, 0.2) is 52.3 Å². The number of nitro groups is 1. The van der Waals surface area contributed by atoms with E-state index in [0.29, 0.717) is 23.4 Å². The van der Waals surface area contributed by atoms with Crippen LogP contribution in [-0.2, 0) is 14.8 Å². The van der Waals surface area contributed by atoms with Gasteiger partial charge in [0.1, 0.15) is 5.75 Å². The van der Waals surface area contributed by atoms with Crippen LogP contribution >= 0.6 is 11.8 Å². The summed E-state index contributed by atoms with van der Waals surface area (Å²) in [4.78, 5) is 24.0. The molecule has 2 aromatic carbocycles. The molecule has 1 amide bonds. The highest BCUT2D eigenvalue weighted by atomic mass is 32.2. The number of hydrogen-bond acceptors (Lipinski definition) is 7. The molecule has 31 heavy (non-hydrogen) atoms. The molecule has 1 saturated heterocycles. The Hall–Kier alpha value is -2.63. The number of amides is 1. The van der Waals surface area contributed by atoms with E-state index in [1.807, 2.05) is 6.26 Å². The number of nitrogens with zero attached hydrogens (tertiary/aromatic N) is 2. The first-order chi connectivity index (χ1) is 14.8. The van der Waals surface area contributed by atoms with Crippen molar-refractivity contribution >= 4 is 39.1 Å². The summed E-state index contributed by atoms with van der Waals surface area (Å²) in [6, 6.07) is 10.8. The van der Waals surface area contributed by atoms with Crippen molar-refractivity contribution in [3.8, 4) is 5.75 Å². The van der Waals surface area contributed by atoms with Gasteiger partial charge >= 0.3 is 0 Å². The number of ether oxygens (including phenoxy) is 1. The molecule has 166 valence electrons. The van der Waals surface area contributed by atoms with E-state index in [-0.39, 0.29) is 41.2 Å². The molecule has 1 aliphatic heterocycles. The normalized spacial score (nSPS) is 15.4. The molecule has 0 bridgehead atoms. The van der Waals surface area contributed by atoms with Gasteiger partial charge in [0.2, 0.25) is 15.9 Å². The Morgan fingerprint density at radius 3 is 2.52 bits per heavy atom. The molecule has 1 heterocycles. The van der Waals surface area contributed by atoms with Gasteiger partial charge in [-0.05, 0) is 37.3 Å². The Labute approximate surface area is 185 Å². The van der Waals surface area contributed by atoms with Gasteiger partial charge < -0.3 is 10.1 Å². The highest BCUT2D eigenvalue weighted by Gasteiger charge is 2.33. The van der Waals surface area contributed by atoms with Gasteiger partial charge in [0.25, 0.3) is 5.69 Å². The zero-order valence-corrected chi connectivity index (χ0v) is 18.7. The van der Waals surface area contributed by atoms with Crippen LogP contribution in [0.4, 0.5) is 11.4 Å². The average molecular weight is 466 g/mol. The summed E-state index contributed by atoms with van der Waals surface area (Å²) in [6.45, 7) is 0.473. The SMILES string of the molecule is COc1cc([N+](=O)[O-])ccc1NC(=O)C1CCN(S(=O)(=O)c2ccccc2SC)CC1. The standard InChI is InChI=1S/C20H23N3O6S2/c1-29-17-13-15(23(25)26)7-8-16(17)21-20(24)14-9-11-22(12-10-14)31(27,28)19-6-4-3-5-18(19)30-2/h3-8,13-14H,9-12H2,1-2H3,(H,21,24). The number of piperidine rings is 1. The van der Waals surface area contributed by atoms with Gasteiger partial charge in [0, 0.05) is 30.0 Å². The highest BCUT2D eigenvalue weighted by molar-refractivity contribution is 7.99. The summed E-state index contributed by atoms with van der Waals surface area (Å²) in [6.07, 6.45) is 2.58. The van der Waals surface area contributed by atoms with E-state index in [4.69, 9.17) is 4.74 Å². The fourth-order valence-corrected chi connectivity index (χ4v) is 6.05. The molecule has 0 spiro atoms. The number of thioether (sulfide) groups is 1. The lowest BCUT2D eigenvalue weighted by atomic mass is 9.97. The smallest absolute Gasteiger partial charge is 0.273 e. The van der Waals surface area contributed by atoms with Crippen LogP contribution in [0.25, 0.3) is 0 Å². The minimum absolute atomic E-state index is 0.140. The van der Waals surface area contributed by atoms with E-state index < -0.39 is 14.9 Å². The molecule has 9 nitrogen and oxygen atoms in total. The van der Waals surface area contributed by atoms with Gasteiger partial charge in [0.05, 0.1) is 28.7 Å². The molecule has 11 heteroatoms. The molecular weight excluding hydrogens is 442 g/mol. The lowest BCUT2D eigenvalue weighted by Crippen LogP contribution is -2.41. The van der Waals surface area contributed by atoms with Crippen molar-refractivity contribution in [2.75, 3.05) is 31.8 Å². The fraction of sp³-hybridized carbons (Fsp3) is 0.350. The molecule has 1 N–H and O–H groups in total. The molecule has 3 rings (SSSR count). The molecular formula is C20H23N3O6S2. The third kappa shape index (κ3) is 5.00. The predicted octanol–water partition coefficient (Wildman–Crippen LogP) is 3.36. The monoisotopic (exact) mass is 465 g/mol. The zero-order valence-electron chi connectivity index (χ0n) is 17.1. The van der Waals surface area contributed by atoms with E-state index in [1.165, 1.54) is 41.4 Å². The Morgan fingerprint density at radius 2 is 1.90 bits per heavy atom. The van der Waals surface area contributed by atoms with Crippen LogP contribution in [0.3, 0.4) is 0 Å². The van der Waals surface area contributed by atoms with E-state index in [2.05, 4.69) is 5.32 Å². The number of methoxy groups -OCH3 is 1. The molecule has 0 atom stereocenters. The van der Waals surface area contributed by atoms with E-state index in [0.717, 1.165) is 0 Å². The van der Waals surface area contributed by atoms with Crippen LogP contribution in [0.5, 0.6) is 5.75 Å². The number of rotatable bonds is 7. The van der Waals surface area contributed by atoms with E-state index in [9.17, 15) is 23.3 Å². The van der Waals surface area contributed by atoms with Crippen LogP contribution in [-0.4, -0.2) is 50.0 Å². The van der Waals surface area contributed by atoms with Crippen molar-refractivity contribution in [1.29, 1.82) is 0 Å². The number of carbonyl (C=O) groups excluding carboxylic acids is 1. The maximum Gasteiger partial charge on any atom is 0.273 e. The minimum atomic E-state index is -3.64. The van der Waals surface area contributed by atoms with Crippen LogP contribution in [0, 0.1) is 16.0 Å². The first-order valence-corrected chi connectivity index (χ1v) is 12.2. The third-order valence-electron chi connectivity index (χ3n) is 5.17. The Balaban J connectivity index is 1.67. The maximum absolute atomic E-state index is 13.0. The molecule has 2 aromatic rings. The molecule has 1 fully saturated rings. The van der Waals surface area contributed by atoms with E-state index >= 15 is 0 Å². The number of nitrogens with one attached hydrogen (secondary N) is 1. The van der Waals surface area contributed by atoms with E-state index in [1.54, 1.807) is 24.3 Å². The van der Waals surface area contributed by atoms with Gasteiger partial charge in [-0.15, -0.1) is 11.8 Å². The summed E-state index contributed by atoms with van der Waals surface area (Å²) in [5.41, 5.74) is 0.195. The summed E-state index contributed by atoms with van der Waals surface area (Å²) >= 11 is 1.38. The quantitative estimate of drug-likeness (QED) is 0.378. The number of nitro benzene ring substituents is 1. The second-order valence-electron chi connectivity index (χ2n) is 6.96. The van der Waals surface area contributed by atoms with Crippen molar-refractivity contribution < 1.29 is 22.9 Å². The number of benzene rings is 2. The summed E-state index contributed by atoms with van der Waals surface area (Å²) in [5.74, 6) is -0.452. The number of hydrogen-bond donors (Lipinski definition) is 1. The fourth-order valence-electron chi connectivity index (χ4n) is 3.46. The van der Waals surface area contributed by atoms with Crippen LogP contribution in [0.1, 0.15) is 12.8 Å². The lowest BCUT2D eigenvalue weighted by molar-refractivity contribution is -0.384. The topological polar surface area (TPSA) is 119 Å². The summed E-state index contributed by atoms with van der Waals surface area (Å²) < 4.78 is 32.7. The van der Waals surface area contributed by atoms with Gasteiger partial charge in [-0.1, -0.05) is 12.1 Å². The Morgan fingerprint density at radius 1 is 1.23 bits per heavy atom. The largest absolute Gasteiger partial charge is 0.494 e. The van der Waals surface area contributed by atoms with Crippen molar-refractivity contribution in [1.82, 2.24) is 4.31 Å². The summed E-state index contributed by atoms with van der Waals surface area (Å²) in [5, 5.41) is 13.7. The molecule has 1 aliphatic rings. The zero-order chi connectivity index (χ0) is 22.6. The second-order valence-corrected chi connectivity index (χ2v) is 9.71. The Kier molecular flexibility index (Phi) is 7.19.